The molecule has 1 N–H and O–H groups in total. The summed E-state index contributed by atoms with van der Waals surface area (Å²) in [5.41, 5.74) is 0.791. The number of hydrogen-bond acceptors (Lipinski definition) is 5. The Balaban J connectivity index is 1.56. The highest BCUT2D eigenvalue weighted by Gasteiger charge is 2.10. The minimum atomic E-state index is -0.0791. The third-order valence-electron chi connectivity index (χ3n) is 2.93. The number of carbonyl (C=O) groups is 1. The molecule has 3 aromatic rings. The van der Waals surface area contributed by atoms with Crippen LogP contribution in [0, 0.1) is 3.57 Å². The standard InChI is InChI=1S/C15H13IN4O2S/c16-11-3-1-4-12(7-11)18-14(21)9-23-15-19-17-10-20(15)8-13-5-2-6-22-13/h1-7,10H,8-9H2,(H,18,21). The maximum absolute atomic E-state index is 12.0. The molecule has 3 rings (SSSR count). The van der Waals surface area contributed by atoms with Crippen molar-refractivity contribution in [1.29, 1.82) is 0 Å². The van der Waals surface area contributed by atoms with E-state index in [1.807, 2.05) is 41.0 Å². The van der Waals surface area contributed by atoms with E-state index in [9.17, 15) is 4.79 Å². The minimum absolute atomic E-state index is 0.0791. The third-order valence-corrected chi connectivity index (χ3v) is 4.58. The second-order valence-corrected chi connectivity index (χ2v) is 6.86. The predicted octanol–water partition coefficient (Wildman–Crippen LogP) is 3.25. The fraction of sp³-hybridized carbons (Fsp3) is 0.133. The normalized spacial score (nSPS) is 10.7. The minimum Gasteiger partial charge on any atom is -0.467 e. The second-order valence-electron chi connectivity index (χ2n) is 4.67. The summed E-state index contributed by atoms with van der Waals surface area (Å²) in [6.07, 6.45) is 3.25. The van der Waals surface area contributed by atoms with Crippen LogP contribution in [-0.4, -0.2) is 26.4 Å². The molecule has 0 bridgehead atoms. The van der Waals surface area contributed by atoms with Crippen LogP contribution in [0.2, 0.25) is 0 Å². The Bertz CT molecular complexity index is 788. The maximum atomic E-state index is 12.0. The lowest BCUT2D eigenvalue weighted by molar-refractivity contribution is -0.113. The monoisotopic (exact) mass is 440 g/mol. The number of furan rings is 1. The molecule has 1 aromatic carbocycles. The molecule has 8 heteroatoms. The topological polar surface area (TPSA) is 73.0 Å². The van der Waals surface area contributed by atoms with Gasteiger partial charge < -0.3 is 14.3 Å². The summed E-state index contributed by atoms with van der Waals surface area (Å²) < 4.78 is 8.24. The van der Waals surface area contributed by atoms with Gasteiger partial charge in [0.1, 0.15) is 12.1 Å². The Labute approximate surface area is 150 Å². The van der Waals surface area contributed by atoms with E-state index in [0.717, 1.165) is 15.0 Å². The van der Waals surface area contributed by atoms with Gasteiger partial charge in [-0.15, -0.1) is 10.2 Å². The number of carbonyl (C=O) groups excluding carboxylic acids is 1. The predicted molar refractivity (Wildman–Crippen MR) is 96.3 cm³/mol. The summed E-state index contributed by atoms with van der Waals surface area (Å²) in [7, 11) is 0. The Morgan fingerprint density at radius 2 is 2.26 bits per heavy atom. The van der Waals surface area contributed by atoms with Crippen molar-refractivity contribution in [1.82, 2.24) is 14.8 Å². The van der Waals surface area contributed by atoms with Gasteiger partial charge in [-0.05, 0) is 52.9 Å². The maximum Gasteiger partial charge on any atom is 0.234 e. The molecule has 23 heavy (non-hydrogen) atoms. The SMILES string of the molecule is O=C(CSc1nncn1Cc1ccco1)Nc1cccc(I)c1. The number of aromatic nitrogens is 3. The van der Waals surface area contributed by atoms with Crippen LogP contribution in [0.3, 0.4) is 0 Å². The summed E-state index contributed by atoms with van der Waals surface area (Å²) in [6.45, 7) is 0.542. The van der Waals surface area contributed by atoms with Gasteiger partial charge in [-0.2, -0.15) is 0 Å². The molecule has 2 aromatic heterocycles. The summed E-state index contributed by atoms with van der Waals surface area (Å²) in [6, 6.07) is 11.4. The van der Waals surface area contributed by atoms with Gasteiger partial charge in [0.05, 0.1) is 18.6 Å². The van der Waals surface area contributed by atoms with E-state index in [2.05, 4.69) is 38.1 Å². The van der Waals surface area contributed by atoms with Crippen molar-refractivity contribution < 1.29 is 9.21 Å². The van der Waals surface area contributed by atoms with Crippen LogP contribution in [0.4, 0.5) is 5.69 Å². The molecule has 0 aliphatic rings. The van der Waals surface area contributed by atoms with Crippen LogP contribution in [-0.2, 0) is 11.3 Å². The molecule has 0 unspecified atom stereocenters. The number of nitrogens with one attached hydrogen (secondary N) is 1. The number of rotatable bonds is 6. The molecule has 0 radical (unpaired) electrons. The zero-order chi connectivity index (χ0) is 16.1. The van der Waals surface area contributed by atoms with Crippen LogP contribution in [0.15, 0.2) is 58.6 Å². The van der Waals surface area contributed by atoms with E-state index in [1.165, 1.54) is 11.8 Å². The Morgan fingerprint density at radius 3 is 3.04 bits per heavy atom. The van der Waals surface area contributed by atoms with Crippen LogP contribution in [0.5, 0.6) is 0 Å². The first-order valence-corrected chi connectivity index (χ1v) is 8.85. The highest BCUT2D eigenvalue weighted by atomic mass is 127. The average Bonchev–Trinajstić information content (AvgIpc) is 3.18. The molecular weight excluding hydrogens is 427 g/mol. The van der Waals surface area contributed by atoms with E-state index in [4.69, 9.17) is 4.42 Å². The first-order valence-electron chi connectivity index (χ1n) is 6.79. The molecule has 0 atom stereocenters. The summed E-state index contributed by atoms with van der Waals surface area (Å²) in [5.74, 6) is 1.00. The number of nitrogens with zero attached hydrogens (tertiary/aromatic N) is 3. The van der Waals surface area contributed by atoms with Crippen molar-refractivity contribution in [3.8, 4) is 0 Å². The molecular formula is C15H13IN4O2S. The molecule has 2 heterocycles. The summed E-state index contributed by atoms with van der Waals surface area (Å²) in [5, 5.41) is 11.5. The van der Waals surface area contributed by atoms with Gasteiger partial charge in [-0.3, -0.25) is 4.79 Å². The van der Waals surface area contributed by atoms with Crippen molar-refractivity contribution in [3.63, 3.8) is 0 Å². The van der Waals surface area contributed by atoms with Crippen molar-refractivity contribution in [2.75, 3.05) is 11.1 Å². The lowest BCUT2D eigenvalue weighted by Gasteiger charge is -2.06. The number of benzene rings is 1. The smallest absolute Gasteiger partial charge is 0.234 e. The van der Waals surface area contributed by atoms with Gasteiger partial charge in [-0.1, -0.05) is 17.8 Å². The van der Waals surface area contributed by atoms with Crippen LogP contribution in [0.25, 0.3) is 0 Å². The van der Waals surface area contributed by atoms with E-state index < -0.39 is 0 Å². The van der Waals surface area contributed by atoms with Gasteiger partial charge in [0, 0.05) is 9.26 Å². The summed E-state index contributed by atoms with van der Waals surface area (Å²) in [4.78, 5) is 12.0. The van der Waals surface area contributed by atoms with Gasteiger partial charge in [0.25, 0.3) is 0 Å². The van der Waals surface area contributed by atoms with Crippen LogP contribution >= 0.6 is 34.4 Å². The lowest BCUT2D eigenvalue weighted by Crippen LogP contribution is -2.14. The zero-order valence-corrected chi connectivity index (χ0v) is 15.0. The van der Waals surface area contributed by atoms with Crippen molar-refractivity contribution >= 4 is 45.9 Å². The fourth-order valence-electron chi connectivity index (χ4n) is 1.93. The summed E-state index contributed by atoms with van der Waals surface area (Å²) >= 11 is 3.55. The van der Waals surface area contributed by atoms with Crippen molar-refractivity contribution in [2.24, 2.45) is 0 Å². The number of hydrogen-bond donors (Lipinski definition) is 1. The fourth-order valence-corrected chi connectivity index (χ4v) is 3.19. The third kappa shape index (κ3) is 4.58. The highest BCUT2D eigenvalue weighted by molar-refractivity contribution is 14.1. The number of anilines is 1. The van der Waals surface area contributed by atoms with Crippen molar-refractivity contribution in [2.45, 2.75) is 11.7 Å². The number of thioether (sulfide) groups is 1. The molecule has 0 aliphatic carbocycles. The van der Waals surface area contributed by atoms with Gasteiger partial charge in [-0.25, -0.2) is 0 Å². The first kappa shape index (κ1) is 16.1. The Kier molecular flexibility index (Phi) is 5.34. The molecule has 0 fully saturated rings. The molecule has 1 amide bonds. The highest BCUT2D eigenvalue weighted by Crippen LogP contribution is 2.18. The van der Waals surface area contributed by atoms with Crippen LogP contribution < -0.4 is 5.32 Å². The Morgan fingerprint density at radius 1 is 1.35 bits per heavy atom. The molecule has 0 spiro atoms. The van der Waals surface area contributed by atoms with Gasteiger partial charge in [0.2, 0.25) is 5.91 Å². The molecule has 0 aliphatic heterocycles. The largest absolute Gasteiger partial charge is 0.467 e. The van der Waals surface area contributed by atoms with E-state index in [1.54, 1.807) is 12.6 Å². The number of amides is 1. The van der Waals surface area contributed by atoms with Gasteiger partial charge in [0.15, 0.2) is 5.16 Å². The average molecular weight is 440 g/mol. The quantitative estimate of drug-likeness (QED) is 0.471. The zero-order valence-electron chi connectivity index (χ0n) is 12.0. The molecule has 0 saturated carbocycles. The van der Waals surface area contributed by atoms with E-state index in [0.29, 0.717) is 11.7 Å². The van der Waals surface area contributed by atoms with Crippen molar-refractivity contribution in [3.05, 3.63) is 58.3 Å². The molecule has 118 valence electrons. The molecule has 0 saturated heterocycles. The first-order chi connectivity index (χ1) is 11.2. The van der Waals surface area contributed by atoms with Crippen LogP contribution in [0.1, 0.15) is 5.76 Å². The number of halogens is 1. The molecule has 6 nitrogen and oxygen atoms in total. The second kappa shape index (κ2) is 7.64. The van der Waals surface area contributed by atoms with E-state index >= 15 is 0 Å². The lowest BCUT2D eigenvalue weighted by atomic mass is 10.3. The van der Waals surface area contributed by atoms with Gasteiger partial charge >= 0.3 is 0 Å². The van der Waals surface area contributed by atoms with E-state index in [-0.39, 0.29) is 11.7 Å². The Hall–Kier alpha value is -1.81.